The largest absolute Gasteiger partial charge is 0.375 e. The van der Waals surface area contributed by atoms with E-state index < -0.39 is 0 Å². The number of amides is 2. The zero-order valence-electron chi connectivity index (χ0n) is 12.8. The summed E-state index contributed by atoms with van der Waals surface area (Å²) in [6.45, 7) is 2.14. The second kappa shape index (κ2) is 8.73. The number of carbonyl (C=O) groups is 2. The van der Waals surface area contributed by atoms with Crippen LogP contribution in [0, 0.1) is 0 Å². The summed E-state index contributed by atoms with van der Waals surface area (Å²) in [7, 11) is 3.39. The summed E-state index contributed by atoms with van der Waals surface area (Å²) in [5.41, 5.74) is 1.17. The summed E-state index contributed by atoms with van der Waals surface area (Å²) in [5, 5.41) is 5.99. The molecular weight excluding hydrogens is 306 g/mol. The van der Waals surface area contributed by atoms with Gasteiger partial charge in [-0.2, -0.15) is 0 Å². The van der Waals surface area contributed by atoms with Crippen molar-refractivity contribution < 1.29 is 14.3 Å². The zero-order chi connectivity index (χ0) is 15.2. The molecule has 0 radical (unpaired) electrons. The summed E-state index contributed by atoms with van der Waals surface area (Å²) < 4.78 is 5.50. The lowest BCUT2D eigenvalue weighted by molar-refractivity contribution is -0.119. The van der Waals surface area contributed by atoms with Gasteiger partial charge in [-0.25, -0.2) is 0 Å². The number of ether oxygens (including phenoxy) is 1. The highest BCUT2D eigenvalue weighted by Gasteiger charge is 2.17. The van der Waals surface area contributed by atoms with Gasteiger partial charge in [-0.15, -0.1) is 12.4 Å². The Labute approximate surface area is 136 Å². The molecule has 6 nitrogen and oxygen atoms in total. The summed E-state index contributed by atoms with van der Waals surface area (Å²) in [5.74, 6) is -0.205. The highest BCUT2D eigenvalue weighted by molar-refractivity contribution is 5.97. The molecule has 2 amide bonds. The van der Waals surface area contributed by atoms with Crippen LogP contribution < -0.4 is 10.6 Å². The van der Waals surface area contributed by atoms with E-state index in [0.29, 0.717) is 30.8 Å². The molecule has 22 heavy (non-hydrogen) atoms. The van der Waals surface area contributed by atoms with Crippen LogP contribution in [0.25, 0.3) is 0 Å². The Kier molecular flexibility index (Phi) is 7.31. The molecule has 122 valence electrons. The van der Waals surface area contributed by atoms with Gasteiger partial charge in [-0.1, -0.05) is 6.07 Å². The average Bonchev–Trinajstić information content (AvgIpc) is 2.47. The maximum Gasteiger partial charge on any atom is 0.253 e. The van der Waals surface area contributed by atoms with Gasteiger partial charge in [0.1, 0.15) is 0 Å². The number of morpholine rings is 1. The minimum absolute atomic E-state index is 0. The van der Waals surface area contributed by atoms with Crippen LogP contribution in [-0.2, 0) is 9.53 Å². The molecule has 0 aromatic heterocycles. The highest BCUT2D eigenvalue weighted by atomic mass is 35.5. The van der Waals surface area contributed by atoms with E-state index in [2.05, 4.69) is 10.6 Å². The number of anilines is 1. The maximum atomic E-state index is 12.0. The SMILES string of the molecule is CN(C)C(=O)c1cccc(NC(=O)CC2CNCCO2)c1.Cl. The van der Waals surface area contributed by atoms with E-state index >= 15 is 0 Å². The Balaban J connectivity index is 0.00000242. The van der Waals surface area contributed by atoms with Gasteiger partial charge in [-0.05, 0) is 18.2 Å². The van der Waals surface area contributed by atoms with Gasteiger partial charge in [0.2, 0.25) is 5.91 Å². The van der Waals surface area contributed by atoms with Gasteiger partial charge >= 0.3 is 0 Å². The predicted octanol–water partition coefficient (Wildman–Crippen LogP) is 1.13. The van der Waals surface area contributed by atoms with Crippen LogP contribution in [0.3, 0.4) is 0 Å². The van der Waals surface area contributed by atoms with Gasteiger partial charge < -0.3 is 20.3 Å². The number of rotatable bonds is 4. The molecule has 7 heteroatoms. The Bertz CT molecular complexity index is 517. The number of benzene rings is 1. The van der Waals surface area contributed by atoms with Gasteiger partial charge in [0.15, 0.2) is 0 Å². The first kappa shape index (κ1) is 18.4. The second-order valence-electron chi connectivity index (χ2n) is 5.23. The fraction of sp³-hybridized carbons (Fsp3) is 0.467. The summed E-state index contributed by atoms with van der Waals surface area (Å²) >= 11 is 0. The number of halogens is 1. The molecule has 1 fully saturated rings. The summed E-state index contributed by atoms with van der Waals surface area (Å²) in [6, 6.07) is 6.93. The third-order valence-corrected chi connectivity index (χ3v) is 3.22. The first-order valence-corrected chi connectivity index (χ1v) is 7.00. The molecule has 2 N–H and O–H groups in total. The first-order chi connectivity index (χ1) is 10.1. The molecule has 2 rings (SSSR count). The molecule has 1 unspecified atom stereocenters. The van der Waals surface area contributed by atoms with E-state index in [1.165, 1.54) is 4.90 Å². The topological polar surface area (TPSA) is 70.7 Å². The van der Waals surface area contributed by atoms with Crippen molar-refractivity contribution in [2.75, 3.05) is 39.1 Å². The standard InChI is InChI=1S/C15H21N3O3.ClH/c1-18(2)15(20)11-4-3-5-12(8-11)17-14(19)9-13-10-16-6-7-21-13;/h3-5,8,13,16H,6-7,9-10H2,1-2H3,(H,17,19);1H. The van der Waals surface area contributed by atoms with E-state index in [0.717, 1.165) is 6.54 Å². The van der Waals surface area contributed by atoms with Gasteiger partial charge in [0.05, 0.1) is 19.1 Å². The normalized spacial score (nSPS) is 17.3. The number of nitrogens with one attached hydrogen (secondary N) is 2. The fourth-order valence-corrected chi connectivity index (χ4v) is 2.16. The Morgan fingerprint density at radius 2 is 2.18 bits per heavy atom. The van der Waals surface area contributed by atoms with Crippen molar-refractivity contribution in [2.24, 2.45) is 0 Å². The van der Waals surface area contributed by atoms with E-state index in [4.69, 9.17) is 4.74 Å². The molecule has 0 bridgehead atoms. The molecule has 1 saturated heterocycles. The quantitative estimate of drug-likeness (QED) is 0.869. The molecule has 1 aliphatic heterocycles. The second-order valence-corrected chi connectivity index (χ2v) is 5.23. The number of carbonyl (C=O) groups excluding carboxylic acids is 2. The molecule has 1 atom stereocenters. The van der Waals surface area contributed by atoms with Gasteiger partial charge in [0.25, 0.3) is 5.91 Å². The van der Waals surface area contributed by atoms with Crippen LogP contribution in [0.4, 0.5) is 5.69 Å². The molecule has 0 saturated carbocycles. The molecule has 1 aromatic rings. The fourth-order valence-electron chi connectivity index (χ4n) is 2.16. The smallest absolute Gasteiger partial charge is 0.253 e. The van der Waals surface area contributed by atoms with Crippen LogP contribution in [0.15, 0.2) is 24.3 Å². The number of hydrogen-bond donors (Lipinski definition) is 2. The van der Waals surface area contributed by atoms with E-state index in [1.807, 2.05) is 0 Å². The Morgan fingerprint density at radius 3 is 2.82 bits per heavy atom. The van der Waals surface area contributed by atoms with Gasteiger partial charge in [0, 0.05) is 38.4 Å². The van der Waals surface area contributed by atoms with Crippen molar-refractivity contribution in [2.45, 2.75) is 12.5 Å². The molecule has 0 spiro atoms. The van der Waals surface area contributed by atoms with Crippen LogP contribution >= 0.6 is 12.4 Å². The van der Waals surface area contributed by atoms with Crippen molar-refractivity contribution in [3.05, 3.63) is 29.8 Å². The lowest BCUT2D eigenvalue weighted by atomic mass is 10.1. The van der Waals surface area contributed by atoms with Crippen molar-refractivity contribution in [1.29, 1.82) is 0 Å². The molecule has 1 heterocycles. The van der Waals surface area contributed by atoms with E-state index in [-0.39, 0.29) is 30.3 Å². The van der Waals surface area contributed by atoms with Crippen LogP contribution in [-0.4, -0.2) is 56.6 Å². The lowest BCUT2D eigenvalue weighted by Crippen LogP contribution is -2.40. The van der Waals surface area contributed by atoms with Crippen molar-refractivity contribution in [1.82, 2.24) is 10.2 Å². The van der Waals surface area contributed by atoms with Crippen LogP contribution in [0.1, 0.15) is 16.8 Å². The van der Waals surface area contributed by atoms with Crippen LogP contribution in [0.2, 0.25) is 0 Å². The third kappa shape index (κ3) is 5.29. The minimum Gasteiger partial charge on any atom is -0.375 e. The van der Waals surface area contributed by atoms with Crippen molar-refractivity contribution in [3.8, 4) is 0 Å². The molecule has 1 aromatic carbocycles. The number of hydrogen-bond acceptors (Lipinski definition) is 4. The Morgan fingerprint density at radius 1 is 1.41 bits per heavy atom. The highest BCUT2D eigenvalue weighted by Crippen LogP contribution is 2.13. The molecule has 0 aliphatic carbocycles. The zero-order valence-corrected chi connectivity index (χ0v) is 13.6. The lowest BCUT2D eigenvalue weighted by Gasteiger charge is -2.23. The van der Waals surface area contributed by atoms with Crippen molar-refractivity contribution >= 4 is 29.9 Å². The monoisotopic (exact) mass is 327 g/mol. The number of nitrogens with zero attached hydrogens (tertiary/aromatic N) is 1. The molecular formula is C15H22ClN3O3. The Hall–Kier alpha value is -1.63. The molecule has 1 aliphatic rings. The maximum absolute atomic E-state index is 12.0. The average molecular weight is 328 g/mol. The van der Waals surface area contributed by atoms with E-state index in [1.54, 1.807) is 38.4 Å². The van der Waals surface area contributed by atoms with Gasteiger partial charge in [-0.3, -0.25) is 9.59 Å². The summed E-state index contributed by atoms with van der Waals surface area (Å²) in [6.07, 6.45) is 0.212. The minimum atomic E-state index is -0.113. The first-order valence-electron chi connectivity index (χ1n) is 7.00. The third-order valence-electron chi connectivity index (χ3n) is 3.22. The van der Waals surface area contributed by atoms with E-state index in [9.17, 15) is 9.59 Å². The predicted molar refractivity (Wildman–Crippen MR) is 87.6 cm³/mol. The van der Waals surface area contributed by atoms with Crippen molar-refractivity contribution in [3.63, 3.8) is 0 Å². The summed E-state index contributed by atoms with van der Waals surface area (Å²) in [4.78, 5) is 25.4. The van der Waals surface area contributed by atoms with Crippen LogP contribution in [0.5, 0.6) is 0 Å².